The van der Waals surface area contributed by atoms with Crippen LogP contribution in [0.5, 0.6) is 0 Å². The molecule has 1 aromatic heterocycles. The number of hydrogen-bond acceptors (Lipinski definition) is 5. The van der Waals surface area contributed by atoms with E-state index in [0.29, 0.717) is 48.6 Å². The van der Waals surface area contributed by atoms with Crippen LogP contribution in [0.15, 0.2) is 63.8 Å². The second-order valence-electron chi connectivity index (χ2n) is 7.42. The first-order chi connectivity index (χ1) is 14.7. The summed E-state index contributed by atoms with van der Waals surface area (Å²) in [5, 5.41) is 0.847. The number of rotatable bonds is 6. The molecule has 0 spiro atoms. The zero-order valence-corrected chi connectivity index (χ0v) is 17.0. The number of hydrogen-bond donors (Lipinski definition) is 0. The van der Waals surface area contributed by atoms with E-state index < -0.39 is 5.63 Å². The first kappa shape index (κ1) is 20.3. The van der Waals surface area contributed by atoms with Crippen molar-refractivity contribution in [2.45, 2.75) is 18.9 Å². The third-order valence-corrected chi connectivity index (χ3v) is 5.43. The maximum absolute atomic E-state index is 13.0. The summed E-state index contributed by atoms with van der Waals surface area (Å²) in [7, 11) is 1.65. The number of carbonyl (C=O) groups is 1. The maximum atomic E-state index is 13.0. The number of benzene rings is 2. The van der Waals surface area contributed by atoms with Gasteiger partial charge in [0.2, 0.25) is 0 Å². The second kappa shape index (κ2) is 9.24. The Labute approximate surface area is 175 Å². The fraction of sp³-hybridized carbons (Fsp3) is 0.333. The number of methoxy groups -OCH3 is 1. The molecule has 0 N–H and O–H groups in total. The van der Waals surface area contributed by atoms with E-state index in [9.17, 15) is 9.59 Å². The number of fused-ring (bicyclic) bond motifs is 1. The van der Waals surface area contributed by atoms with Crippen LogP contribution >= 0.6 is 0 Å². The molecule has 0 atom stereocenters. The minimum atomic E-state index is -0.410. The largest absolute Gasteiger partial charge is 0.422 e. The van der Waals surface area contributed by atoms with Gasteiger partial charge in [0.25, 0.3) is 5.91 Å². The van der Waals surface area contributed by atoms with Crippen LogP contribution in [0.4, 0.5) is 0 Å². The predicted molar refractivity (Wildman–Crippen MR) is 115 cm³/mol. The molecular formula is C24H25NO5. The summed E-state index contributed by atoms with van der Waals surface area (Å²) in [5.74, 6) is -0.0302. The molecule has 156 valence electrons. The van der Waals surface area contributed by atoms with Crippen molar-refractivity contribution in [2.24, 2.45) is 0 Å². The number of amides is 1. The normalized spacial score (nSPS) is 14.9. The first-order valence-corrected chi connectivity index (χ1v) is 10.2. The zero-order valence-electron chi connectivity index (χ0n) is 17.0. The third-order valence-electron chi connectivity index (χ3n) is 5.43. The van der Waals surface area contributed by atoms with E-state index in [-0.39, 0.29) is 12.0 Å². The summed E-state index contributed by atoms with van der Waals surface area (Å²) in [6, 6.07) is 16.4. The quantitative estimate of drug-likeness (QED) is 0.460. The number of ether oxygens (including phenoxy) is 2. The molecule has 0 aliphatic carbocycles. The Morgan fingerprint density at radius 3 is 2.67 bits per heavy atom. The smallest absolute Gasteiger partial charge is 0.344 e. The molecule has 6 heteroatoms. The fourth-order valence-corrected chi connectivity index (χ4v) is 3.79. The molecule has 2 heterocycles. The van der Waals surface area contributed by atoms with E-state index in [4.69, 9.17) is 13.9 Å². The van der Waals surface area contributed by atoms with E-state index in [1.165, 1.54) is 0 Å². The molecular weight excluding hydrogens is 382 g/mol. The molecule has 0 bridgehead atoms. The molecule has 1 saturated heterocycles. The van der Waals surface area contributed by atoms with Crippen molar-refractivity contribution in [2.75, 3.05) is 33.4 Å². The SMILES string of the molecule is COCCOC1CCN(C(=O)c2cccc(-c3cc4ccccc4oc3=O)c2)CC1. The lowest BCUT2D eigenvalue weighted by atomic mass is 10.0. The Morgan fingerprint density at radius 1 is 1.07 bits per heavy atom. The highest BCUT2D eigenvalue weighted by molar-refractivity contribution is 5.95. The average Bonchev–Trinajstić information content (AvgIpc) is 2.79. The molecule has 1 fully saturated rings. The van der Waals surface area contributed by atoms with Crippen LogP contribution in [-0.4, -0.2) is 50.3 Å². The summed E-state index contributed by atoms with van der Waals surface area (Å²) in [5.41, 5.74) is 1.84. The van der Waals surface area contributed by atoms with Gasteiger partial charge in [-0.25, -0.2) is 4.79 Å². The summed E-state index contributed by atoms with van der Waals surface area (Å²) < 4.78 is 16.2. The predicted octanol–water partition coefficient (Wildman–Crippen LogP) is 3.73. The van der Waals surface area contributed by atoms with Gasteiger partial charge < -0.3 is 18.8 Å². The first-order valence-electron chi connectivity index (χ1n) is 10.2. The van der Waals surface area contributed by atoms with Crippen LogP contribution in [0.1, 0.15) is 23.2 Å². The summed E-state index contributed by atoms with van der Waals surface area (Å²) in [6.45, 7) is 2.46. The van der Waals surface area contributed by atoms with Crippen LogP contribution < -0.4 is 5.63 Å². The van der Waals surface area contributed by atoms with Crippen LogP contribution in [-0.2, 0) is 9.47 Å². The van der Waals surface area contributed by atoms with Gasteiger partial charge in [-0.3, -0.25) is 4.79 Å². The number of piperidine rings is 1. The van der Waals surface area contributed by atoms with Crippen molar-refractivity contribution >= 4 is 16.9 Å². The topological polar surface area (TPSA) is 69.0 Å². The average molecular weight is 407 g/mol. The number of nitrogens with zero attached hydrogens (tertiary/aromatic N) is 1. The van der Waals surface area contributed by atoms with E-state index in [2.05, 4.69) is 0 Å². The van der Waals surface area contributed by atoms with Crippen LogP contribution in [0.3, 0.4) is 0 Å². The molecule has 3 aromatic rings. The van der Waals surface area contributed by atoms with Crippen molar-refractivity contribution in [3.63, 3.8) is 0 Å². The van der Waals surface area contributed by atoms with Crippen molar-refractivity contribution in [3.8, 4) is 11.1 Å². The van der Waals surface area contributed by atoms with Gasteiger partial charge in [0.05, 0.1) is 24.9 Å². The van der Waals surface area contributed by atoms with Crippen molar-refractivity contribution in [3.05, 3.63) is 70.6 Å². The Bertz CT molecular complexity index is 1080. The maximum Gasteiger partial charge on any atom is 0.344 e. The molecule has 4 rings (SSSR count). The van der Waals surface area contributed by atoms with Gasteiger partial charge in [-0.2, -0.15) is 0 Å². The Hall–Kier alpha value is -2.96. The van der Waals surface area contributed by atoms with E-state index in [1.807, 2.05) is 35.2 Å². The lowest BCUT2D eigenvalue weighted by Gasteiger charge is -2.32. The minimum absolute atomic E-state index is 0.0302. The summed E-state index contributed by atoms with van der Waals surface area (Å²) >= 11 is 0. The number of para-hydroxylation sites is 1. The van der Waals surface area contributed by atoms with Gasteiger partial charge in [-0.1, -0.05) is 30.3 Å². The molecule has 0 saturated carbocycles. The van der Waals surface area contributed by atoms with Gasteiger partial charge in [0.15, 0.2) is 0 Å². The highest BCUT2D eigenvalue weighted by atomic mass is 16.5. The van der Waals surface area contributed by atoms with Crippen LogP contribution in [0.25, 0.3) is 22.1 Å². The second-order valence-corrected chi connectivity index (χ2v) is 7.42. The zero-order chi connectivity index (χ0) is 20.9. The lowest BCUT2D eigenvalue weighted by molar-refractivity contribution is -0.0122. The third kappa shape index (κ3) is 4.45. The molecule has 1 aliphatic rings. The monoisotopic (exact) mass is 407 g/mol. The highest BCUT2D eigenvalue weighted by Crippen LogP contribution is 2.23. The molecule has 30 heavy (non-hydrogen) atoms. The highest BCUT2D eigenvalue weighted by Gasteiger charge is 2.24. The lowest BCUT2D eigenvalue weighted by Crippen LogP contribution is -2.41. The molecule has 2 aromatic carbocycles. The van der Waals surface area contributed by atoms with Gasteiger partial charge >= 0.3 is 5.63 Å². The summed E-state index contributed by atoms with van der Waals surface area (Å²) in [4.78, 5) is 27.3. The van der Waals surface area contributed by atoms with E-state index in [1.54, 1.807) is 31.4 Å². The standard InChI is InChI=1S/C24H25NO5/c1-28-13-14-29-20-9-11-25(12-10-20)23(26)19-7-4-6-17(15-19)21-16-18-5-2-3-8-22(18)30-24(21)27/h2-8,15-16,20H,9-14H2,1H3. The molecule has 1 aliphatic heterocycles. The Balaban J connectivity index is 1.50. The Kier molecular flexibility index (Phi) is 6.26. The van der Waals surface area contributed by atoms with Gasteiger partial charge in [0.1, 0.15) is 5.58 Å². The van der Waals surface area contributed by atoms with Crippen molar-refractivity contribution in [1.29, 1.82) is 0 Å². The number of carbonyl (C=O) groups excluding carboxylic acids is 1. The van der Waals surface area contributed by atoms with Crippen LogP contribution in [0, 0.1) is 0 Å². The number of likely N-dealkylation sites (tertiary alicyclic amines) is 1. The van der Waals surface area contributed by atoms with Crippen molar-refractivity contribution < 1.29 is 18.7 Å². The molecule has 6 nitrogen and oxygen atoms in total. The Morgan fingerprint density at radius 2 is 1.87 bits per heavy atom. The van der Waals surface area contributed by atoms with E-state index in [0.717, 1.165) is 18.2 Å². The van der Waals surface area contributed by atoms with E-state index >= 15 is 0 Å². The van der Waals surface area contributed by atoms with Gasteiger partial charge in [-0.05, 0) is 42.7 Å². The minimum Gasteiger partial charge on any atom is -0.422 e. The van der Waals surface area contributed by atoms with Crippen LogP contribution in [0.2, 0.25) is 0 Å². The molecule has 0 radical (unpaired) electrons. The van der Waals surface area contributed by atoms with Gasteiger partial charge in [-0.15, -0.1) is 0 Å². The fourth-order valence-electron chi connectivity index (χ4n) is 3.79. The molecule has 0 unspecified atom stereocenters. The molecule has 1 amide bonds. The van der Waals surface area contributed by atoms with Crippen molar-refractivity contribution in [1.82, 2.24) is 4.90 Å². The summed E-state index contributed by atoms with van der Waals surface area (Å²) in [6.07, 6.45) is 1.78. The van der Waals surface area contributed by atoms with Gasteiger partial charge in [0, 0.05) is 31.1 Å².